The summed E-state index contributed by atoms with van der Waals surface area (Å²) in [6.07, 6.45) is 1.45. The third kappa shape index (κ3) is 4.33. The van der Waals surface area contributed by atoms with E-state index in [4.69, 9.17) is 9.68 Å². The van der Waals surface area contributed by atoms with Crippen molar-refractivity contribution in [2.75, 3.05) is 0 Å². The Morgan fingerprint density at radius 3 is 2.70 bits per heavy atom. The number of hydrogen-bond acceptors (Lipinski definition) is 3. The van der Waals surface area contributed by atoms with Gasteiger partial charge in [0, 0.05) is 22.2 Å². The van der Waals surface area contributed by atoms with Gasteiger partial charge in [0.15, 0.2) is 0 Å². The smallest absolute Gasteiger partial charge is 0.262 e. The van der Waals surface area contributed by atoms with Gasteiger partial charge in [-0.1, -0.05) is 22.0 Å². The Balaban J connectivity index is 2.29. The van der Waals surface area contributed by atoms with Gasteiger partial charge >= 0.3 is 0 Å². The Labute approximate surface area is 143 Å². The van der Waals surface area contributed by atoms with Gasteiger partial charge in [0.2, 0.25) is 0 Å². The van der Waals surface area contributed by atoms with E-state index < -0.39 is 5.91 Å². The quantitative estimate of drug-likeness (QED) is 0.636. The monoisotopic (exact) mass is 372 g/mol. The number of nitriles is 1. The van der Waals surface area contributed by atoms with Crippen molar-refractivity contribution in [1.82, 2.24) is 5.32 Å². The van der Waals surface area contributed by atoms with Crippen LogP contribution < -0.4 is 5.32 Å². The van der Waals surface area contributed by atoms with Crippen LogP contribution in [0.4, 0.5) is 0 Å². The highest BCUT2D eigenvalue weighted by atomic mass is 79.9. The summed E-state index contributed by atoms with van der Waals surface area (Å²) in [5, 5.41) is 11.8. The summed E-state index contributed by atoms with van der Waals surface area (Å²) in [5.74, 6) is 0.726. The summed E-state index contributed by atoms with van der Waals surface area (Å²) in [4.78, 5) is 11.9. The zero-order valence-corrected chi connectivity index (χ0v) is 14.8. The summed E-state index contributed by atoms with van der Waals surface area (Å²) in [7, 11) is 0. The molecule has 0 saturated carbocycles. The van der Waals surface area contributed by atoms with E-state index in [-0.39, 0.29) is 11.6 Å². The van der Waals surface area contributed by atoms with Gasteiger partial charge in [-0.25, -0.2) is 0 Å². The molecule has 0 bridgehead atoms. The second-order valence-electron chi connectivity index (χ2n) is 5.48. The molecule has 0 aliphatic rings. The second kappa shape index (κ2) is 7.30. The van der Waals surface area contributed by atoms with Crippen molar-refractivity contribution in [2.24, 2.45) is 0 Å². The zero-order chi connectivity index (χ0) is 17.0. The van der Waals surface area contributed by atoms with Gasteiger partial charge in [-0.05, 0) is 50.6 Å². The van der Waals surface area contributed by atoms with Crippen LogP contribution in [-0.2, 0) is 4.79 Å². The Morgan fingerprint density at radius 1 is 1.35 bits per heavy atom. The van der Waals surface area contributed by atoms with Crippen molar-refractivity contribution in [2.45, 2.75) is 26.8 Å². The van der Waals surface area contributed by atoms with E-state index >= 15 is 0 Å². The number of amides is 1. The average Bonchev–Trinajstić information content (AvgIpc) is 2.92. The first-order chi connectivity index (χ1) is 10.9. The first kappa shape index (κ1) is 17.0. The molecule has 0 fully saturated rings. The van der Waals surface area contributed by atoms with Crippen molar-refractivity contribution < 1.29 is 9.21 Å². The van der Waals surface area contributed by atoms with Crippen LogP contribution in [-0.4, -0.2) is 11.9 Å². The van der Waals surface area contributed by atoms with Gasteiger partial charge < -0.3 is 9.73 Å². The Kier molecular flexibility index (Phi) is 5.41. The summed E-state index contributed by atoms with van der Waals surface area (Å²) in [5.41, 5.74) is 2.08. The molecule has 4 nitrogen and oxygen atoms in total. The van der Waals surface area contributed by atoms with Gasteiger partial charge in [0.25, 0.3) is 5.91 Å². The van der Waals surface area contributed by atoms with Crippen LogP contribution in [0.1, 0.15) is 25.2 Å². The van der Waals surface area contributed by atoms with Gasteiger partial charge in [0.1, 0.15) is 23.2 Å². The van der Waals surface area contributed by atoms with Gasteiger partial charge in [-0.2, -0.15) is 5.26 Å². The third-order valence-corrected chi connectivity index (χ3v) is 3.74. The molecule has 23 heavy (non-hydrogen) atoms. The number of furan rings is 1. The molecule has 0 atom stereocenters. The minimum Gasteiger partial charge on any atom is -0.457 e. The van der Waals surface area contributed by atoms with E-state index in [0.29, 0.717) is 11.5 Å². The molecule has 1 aromatic heterocycles. The third-order valence-electron chi connectivity index (χ3n) is 3.09. The lowest BCUT2D eigenvalue weighted by atomic mass is 10.1. The average molecular weight is 373 g/mol. The van der Waals surface area contributed by atoms with Crippen molar-refractivity contribution in [1.29, 1.82) is 5.26 Å². The SMILES string of the molecule is Cc1ccc(-c2ccc(/C=C(\C#N)C(=O)NC(C)C)o2)c(Br)c1. The van der Waals surface area contributed by atoms with E-state index in [0.717, 1.165) is 15.6 Å². The Bertz CT molecular complexity index is 798. The number of halogens is 1. The van der Waals surface area contributed by atoms with E-state index in [1.807, 2.05) is 51.1 Å². The molecule has 118 valence electrons. The number of carbonyl (C=O) groups excluding carboxylic acids is 1. The maximum atomic E-state index is 11.9. The minimum absolute atomic E-state index is 0.0163. The molecule has 0 aliphatic carbocycles. The fourth-order valence-electron chi connectivity index (χ4n) is 2.03. The normalized spacial score (nSPS) is 11.4. The van der Waals surface area contributed by atoms with Crippen molar-refractivity contribution in [3.8, 4) is 17.4 Å². The maximum Gasteiger partial charge on any atom is 0.262 e. The first-order valence-electron chi connectivity index (χ1n) is 7.19. The van der Waals surface area contributed by atoms with Crippen LogP contribution in [0.3, 0.4) is 0 Å². The fraction of sp³-hybridized carbons (Fsp3) is 0.222. The molecular weight excluding hydrogens is 356 g/mol. The molecule has 0 saturated heterocycles. The zero-order valence-electron chi connectivity index (χ0n) is 13.2. The van der Waals surface area contributed by atoms with E-state index in [9.17, 15) is 4.79 Å². The number of hydrogen-bond donors (Lipinski definition) is 1. The van der Waals surface area contributed by atoms with Gasteiger partial charge in [-0.3, -0.25) is 4.79 Å². The number of aryl methyl sites for hydroxylation is 1. The minimum atomic E-state index is -0.406. The van der Waals surface area contributed by atoms with Crippen molar-refractivity contribution in [3.63, 3.8) is 0 Å². The molecule has 2 rings (SSSR count). The van der Waals surface area contributed by atoms with Crippen LogP contribution in [0.2, 0.25) is 0 Å². The number of nitrogens with zero attached hydrogens (tertiary/aromatic N) is 1. The van der Waals surface area contributed by atoms with Gasteiger partial charge in [-0.15, -0.1) is 0 Å². The Morgan fingerprint density at radius 2 is 2.09 bits per heavy atom. The number of rotatable bonds is 4. The lowest BCUT2D eigenvalue weighted by molar-refractivity contribution is -0.117. The number of benzene rings is 1. The second-order valence-corrected chi connectivity index (χ2v) is 6.34. The summed E-state index contributed by atoms with van der Waals surface area (Å²) in [6, 6.07) is 11.4. The van der Waals surface area contributed by atoms with Crippen LogP contribution in [0.15, 0.2) is 44.8 Å². The molecule has 2 aromatic rings. The first-order valence-corrected chi connectivity index (χ1v) is 7.99. The number of nitrogens with one attached hydrogen (secondary N) is 1. The molecule has 1 N–H and O–H groups in total. The summed E-state index contributed by atoms with van der Waals surface area (Å²) < 4.78 is 6.67. The largest absolute Gasteiger partial charge is 0.457 e. The van der Waals surface area contributed by atoms with Crippen LogP contribution in [0, 0.1) is 18.3 Å². The lowest BCUT2D eigenvalue weighted by Gasteiger charge is -2.06. The predicted octanol–water partition coefficient (Wildman–Crippen LogP) is 4.45. The lowest BCUT2D eigenvalue weighted by Crippen LogP contribution is -2.30. The molecule has 5 heteroatoms. The Hall–Kier alpha value is -2.32. The summed E-state index contributed by atoms with van der Waals surface area (Å²) in [6.45, 7) is 5.69. The van der Waals surface area contributed by atoms with E-state index in [1.165, 1.54) is 6.08 Å². The fourth-order valence-corrected chi connectivity index (χ4v) is 2.71. The van der Waals surface area contributed by atoms with Crippen LogP contribution in [0.5, 0.6) is 0 Å². The highest BCUT2D eigenvalue weighted by Crippen LogP contribution is 2.30. The molecule has 0 radical (unpaired) electrons. The highest BCUT2D eigenvalue weighted by Gasteiger charge is 2.12. The molecule has 1 amide bonds. The topological polar surface area (TPSA) is 66.0 Å². The van der Waals surface area contributed by atoms with Crippen molar-refractivity contribution >= 4 is 27.9 Å². The maximum absolute atomic E-state index is 11.9. The molecule has 0 unspecified atom stereocenters. The van der Waals surface area contributed by atoms with Gasteiger partial charge in [0.05, 0.1) is 0 Å². The molecule has 1 heterocycles. The molecular formula is C18H17BrN2O2. The highest BCUT2D eigenvalue weighted by molar-refractivity contribution is 9.10. The predicted molar refractivity (Wildman–Crippen MR) is 93.4 cm³/mol. The molecule has 0 spiro atoms. The molecule has 1 aromatic carbocycles. The molecule has 0 aliphatic heterocycles. The summed E-state index contributed by atoms with van der Waals surface area (Å²) >= 11 is 3.52. The number of carbonyl (C=O) groups is 1. The standard InChI is InChI=1S/C18H17BrN2O2/c1-11(2)21-18(22)13(10-20)9-14-5-7-17(23-14)15-6-4-12(3)8-16(15)19/h4-9,11H,1-3H3,(H,21,22)/b13-9+. The van der Waals surface area contributed by atoms with Crippen LogP contribution in [0.25, 0.3) is 17.4 Å². The van der Waals surface area contributed by atoms with Crippen molar-refractivity contribution in [3.05, 3.63) is 51.7 Å². The van der Waals surface area contributed by atoms with E-state index in [1.54, 1.807) is 6.07 Å². The van der Waals surface area contributed by atoms with E-state index in [2.05, 4.69) is 21.2 Å². The van der Waals surface area contributed by atoms with Crippen LogP contribution >= 0.6 is 15.9 Å².